The van der Waals surface area contributed by atoms with Crippen molar-refractivity contribution in [3.63, 3.8) is 0 Å². The molecule has 0 aliphatic carbocycles. The SMILES string of the molecule is Cc1c(C(=O)N2CCSCC2C(=O)O)cnn1C. The lowest BCUT2D eigenvalue weighted by molar-refractivity contribution is -0.141. The molecule has 0 radical (unpaired) electrons. The van der Waals surface area contributed by atoms with Crippen molar-refractivity contribution in [3.8, 4) is 0 Å². The molecular formula is C11H15N3O3S. The zero-order chi connectivity index (χ0) is 13.3. The highest BCUT2D eigenvalue weighted by atomic mass is 32.2. The van der Waals surface area contributed by atoms with Crippen LogP contribution in [0.3, 0.4) is 0 Å². The standard InChI is InChI=1S/C11H15N3O3S/c1-7-8(5-12-13(7)2)10(15)14-3-4-18-6-9(14)11(16)17/h5,9H,3-4,6H2,1-2H3,(H,16,17). The van der Waals surface area contributed by atoms with E-state index >= 15 is 0 Å². The fraction of sp³-hybridized carbons (Fsp3) is 0.545. The largest absolute Gasteiger partial charge is 0.480 e. The van der Waals surface area contributed by atoms with Crippen molar-refractivity contribution >= 4 is 23.6 Å². The van der Waals surface area contributed by atoms with E-state index in [9.17, 15) is 9.59 Å². The number of rotatable bonds is 2. The van der Waals surface area contributed by atoms with E-state index in [1.165, 1.54) is 11.1 Å². The van der Waals surface area contributed by atoms with Crippen molar-refractivity contribution in [1.82, 2.24) is 14.7 Å². The predicted octanol–water partition coefficient (Wildman–Crippen LogP) is 0.371. The summed E-state index contributed by atoms with van der Waals surface area (Å²) >= 11 is 1.56. The minimum Gasteiger partial charge on any atom is -0.480 e. The molecule has 18 heavy (non-hydrogen) atoms. The third kappa shape index (κ3) is 2.22. The average Bonchev–Trinajstić information content (AvgIpc) is 2.69. The van der Waals surface area contributed by atoms with Gasteiger partial charge in [0.1, 0.15) is 6.04 Å². The lowest BCUT2D eigenvalue weighted by Gasteiger charge is -2.32. The Morgan fingerprint density at radius 1 is 1.56 bits per heavy atom. The number of hydrogen-bond acceptors (Lipinski definition) is 4. The Bertz CT molecular complexity index is 486. The van der Waals surface area contributed by atoms with Crippen LogP contribution in [-0.4, -0.2) is 55.8 Å². The molecule has 1 aromatic heterocycles. The number of amides is 1. The molecule has 1 aromatic rings. The van der Waals surface area contributed by atoms with E-state index in [0.29, 0.717) is 17.9 Å². The van der Waals surface area contributed by atoms with Crippen LogP contribution in [0, 0.1) is 6.92 Å². The lowest BCUT2D eigenvalue weighted by atomic mass is 10.2. The van der Waals surface area contributed by atoms with E-state index in [1.807, 2.05) is 0 Å². The summed E-state index contributed by atoms with van der Waals surface area (Å²) in [6, 6.07) is -0.740. The minimum absolute atomic E-state index is 0.242. The summed E-state index contributed by atoms with van der Waals surface area (Å²) in [6.45, 7) is 2.27. The quantitative estimate of drug-likeness (QED) is 0.839. The monoisotopic (exact) mass is 269 g/mol. The molecule has 1 saturated heterocycles. The number of carboxylic acids is 1. The van der Waals surface area contributed by atoms with Gasteiger partial charge in [-0.2, -0.15) is 16.9 Å². The second-order valence-corrected chi connectivity index (χ2v) is 5.34. The first kappa shape index (κ1) is 12.9. The fourth-order valence-electron chi connectivity index (χ4n) is 1.91. The average molecular weight is 269 g/mol. The molecule has 0 bridgehead atoms. The Hall–Kier alpha value is -1.50. The van der Waals surface area contributed by atoms with Gasteiger partial charge in [0.25, 0.3) is 5.91 Å². The third-order valence-electron chi connectivity index (χ3n) is 3.14. The van der Waals surface area contributed by atoms with Gasteiger partial charge in [-0.3, -0.25) is 9.48 Å². The van der Waals surface area contributed by atoms with Crippen LogP contribution in [0.5, 0.6) is 0 Å². The number of carboxylic acid groups (broad SMARTS) is 1. The second kappa shape index (κ2) is 5.01. The van der Waals surface area contributed by atoms with Crippen molar-refractivity contribution in [2.45, 2.75) is 13.0 Å². The van der Waals surface area contributed by atoms with Crippen molar-refractivity contribution in [2.24, 2.45) is 7.05 Å². The summed E-state index contributed by atoms with van der Waals surface area (Å²) in [4.78, 5) is 24.9. The molecule has 2 heterocycles. The van der Waals surface area contributed by atoms with Gasteiger partial charge in [-0.1, -0.05) is 0 Å². The third-order valence-corrected chi connectivity index (χ3v) is 4.16. The Kier molecular flexibility index (Phi) is 3.60. The summed E-state index contributed by atoms with van der Waals surface area (Å²) in [5.41, 5.74) is 1.23. The Labute approximate surface area is 109 Å². The highest BCUT2D eigenvalue weighted by Crippen LogP contribution is 2.20. The summed E-state index contributed by atoms with van der Waals surface area (Å²) < 4.78 is 1.61. The van der Waals surface area contributed by atoms with Gasteiger partial charge < -0.3 is 10.0 Å². The maximum Gasteiger partial charge on any atom is 0.327 e. The molecule has 1 fully saturated rings. The van der Waals surface area contributed by atoms with E-state index in [-0.39, 0.29) is 5.91 Å². The normalized spacial score (nSPS) is 19.9. The number of carbonyl (C=O) groups excluding carboxylic acids is 1. The molecule has 1 N–H and O–H groups in total. The molecule has 1 amide bonds. The van der Waals surface area contributed by atoms with Gasteiger partial charge in [0.05, 0.1) is 11.8 Å². The topological polar surface area (TPSA) is 75.4 Å². The second-order valence-electron chi connectivity index (χ2n) is 4.19. The molecule has 0 spiro atoms. The maximum atomic E-state index is 12.3. The maximum absolute atomic E-state index is 12.3. The molecule has 0 saturated carbocycles. The number of hydrogen-bond donors (Lipinski definition) is 1. The first-order valence-corrected chi connectivity index (χ1v) is 6.78. The van der Waals surface area contributed by atoms with Gasteiger partial charge in [-0.15, -0.1) is 0 Å². The van der Waals surface area contributed by atoms with Crippen LogP contribution in [-0.2, 0) is 11.8 Å². The van der Waals surface area contributed by atoms with Crippen LogP contribution in [0.25, 0.3) is 0 Å². The van der Waals surface area contributed by atoms with Crippen LogP contribution < -0.4 is 0 Å². The van der Waals surface area contributed by atoms with Gasteiger partial charge in [0, 0.05) is 30.8 Å². The first-order chi connectivity index (χ1) is 8.52. The minimum atomic E-state index is -0.947. The summed E-state index contributed by atoms with van der Waals surface area (Å²) in [6.07, 6.45) is 1.50. The highest BCUT2D eigenvalue weighted by Gasteiger charge is 2.33. The van der Waals surface area contributed by atoms with Gasteiger partial charge in [-0.25, -0.2) is 4.79 Å². The van der Waals surface area contributed by atoms with E-state index in [1.54, 1.807) is 30.4 Å². The smallest absolute Gasteiger partial charge is 0.327 e. The molecule has 1 unspecified atom stereocenters. The molecule has 7 heteroatoms. The molecular weight excluding hydrogens is 254 g/mol. The van der Waals surface area contributed by atoms with E-state index < -0.39 is 12.0 Å². The van der Waals surface area contributed by atoms with Crippen LogP contribution in [0.15, 0.2) is 6.20 Å². The Morgan fingerprint density at radius 2 is 2.28 bits per heavy atom. The highest BCUT2D eigenvalue weighted by molar-refractivity contribution is 7.99. The first-order valence-electron chi connectivity index (χ1n) is 5.62. The predicted molar refractivity (Wildman–Crippen MR) is 67.7 cm³/mol. The van der Waals surface area contributed by atoms with Crippen molar-refractivity contribution in [1.29, 1.82) is 0 Å². The zero-order valence-corrected chi connectivity index (χ0v) is 11.1. The van der Waals surface area contributed by atoms with Crippen LogP contribution in [0.1, 0.15) is 16.1 Å². The van der Waals surface area contributed by atoms with Crippen LogP contribution >= 0.6 is 11.8 Å². The molecule has 0 aromatic carbocycles. The number of aromatic nitrogens is 2. The fourth-order valence-corrected chi connectivity index (χ4v) is 2.95. The molecule has 1 aliphatic rings. The zero-order valence-electron chi connectivity index (χ0n) is 10.3. The number of carbonyl (C=O) groups is 2. The number of aliphatic carboxylic acids is 1. The van der Waals surface area contributed by atoms with Crippen molar-refractivity contribution < 1.29 is 14.7 Å². The number of nitrogens with zero attached hydrogens (tertiary/aromatic N) is 3. The molecule has 6 nitrogen and oxygen atoms in total. The van der Waals surface area contributed by atoms with Crippen molar-refractivity contribution in [2.75, 3.05) is 18.1 Å². The lowest BCUT2D eigenvalue weighted by Crippen LogP contribution is -2.50. The molecule has 98 valence electrons. The van der Waals surface area contributed by atoms with Gasteiger partial charge in [0.15, 0.2) is 0 Å². The summed E-state index contributed by atoms with van der Waals surface area (Å²) in [5.74, 6) is 0.0280. The molecule has 2 rings (SSSR count). The van der Waals surface area contributed by atoms with E-state index in [0.717, 1.165) is 11.4 Å². The number of thioether (sulfide) groups is 1. The summed E-state index contributed by atoms with van der Waals surface area (Å²) in [7, 11) is 1.76. The Balaban J connectivity index is 2.26. The Morgan fingerprint density at radius 3 is 2.83 bits per heavy atom. The van der Waals surface area contributed by atoms with Crippen LogP contribution in [0.2, 0.25) is 0 Å². The van der Waals surface area contributed by atoms with Gasteiger partial charge >= 0.3 is 5.97 Å². The van der Waals surface area contributed by atoms with E-state index in [2.05, 4.69) is 5.10 Å². The van der Waals surface area contributed by atoms with Gasteiger partial charge in [0.2, 0.25) is 0 Å². The van der Waals surface area contributed by atoms with Crippen LogP contribution in [0.4, 0.5) is 0 Å². The molecule has 1 aliphatic heterocycles. The molecule has 1 atom stereocenters. The van der Waals surface area contributed by atoms with Crippen molar-refractivity contribution in [3.05, 3.63) is 17.5 Å². The van der Waals surface area contributed by atoms with E-state index in [4.69, 9.17) is 5.11 Å². The van der Waals surface area contributed by atoms with Gasteiger partial charge in [-0.05, 0) is 6.92 Å². The summed E-state index contributed by atoms with van der Waals surface area (Å²) in [5, 5.41) is 13.2. The number of aryl methyl sites for hydroxylation is 1.